The second kappa shape index (κ2) is 6.88. The second-order valence-corrected chi connectivity index (χ2v) is 10.7. The number of Topliss-reactive ketones (excluding diaryl/α,β-unsaturated/α-hetero) is 1. The summed E-state index contributed by atoms with van der Waals surface area (Å²) < 4.78 is 13.3. The fraction of sp³-hybridized carbons (Fsp3) is 0.680. The van der Waals surface area contributed by atoms with E-state index >= 15 is 0 Å². The van der Waals surface area contributed by atoms with E-state index in [9.17, 15) is 19.1 Å². The van der Waals surface area contributed by atoms with Crippen molar-refractivity contribution in [2.75, 3.05) is 0 Å². The van der Waals surface area contributed by atoms with Crippen LogP contribution in [0.3, 0.4) is 0 Å². The summed E-state index contributed by atoms with van der Waals surface area (Å²) in [5.41, 5.74) is 0.431. The van der Waals surface area contributed by atoms with Crippen LogP contribution in [0.25, 0.3) is 0 Å². The molecule has 0 spiro atoms. The number of carbonyl (C=O) groups is 2. The number of ketones is 1. The van der Waals surface area contributed by atoms with Crippen LogP contribution in [0.1, 0.15) is 64.4 Å². The zero-order valence-electron chi connectivity index (χ0n) is 17.9. The lowest BCUT2D eigenvalue weighted by atomic mass is 9.47. The molecular formula is C25H32FNO3. The van der Waals surface area contributed by atoms with E-state index in [-0.39, 0.29) is 40.6 Å². The first kappa shape index (κ1) is 20.2. The van der Waals surface area contributed by atoms with Gasteiger partial charge in [-0.2, -0.15) is 0 Å². The molecule has 0 bridgehead atoms. The molecule has 1 N–H and O–H groups in total. The van der Waals surface area contributed by atoms with E-state index in [4.69, 9.17) is 0 Å². The highest BCUT2D eigenvalue weighted by Gasteiger charge is 2.64. The number of aliphatic hydroxyl groups excluding tert-OH is 1. The van der Waals surface area contributed by atoms with Crippen molar-refractivity contribution in [2.45, 2.75) is 77.5 Å². The summed E-state index contributed by atoms with van der Waals surface area (Å²) in [6.07, 6.45) is 4.97. The van der Waals surface area contributed by atoms with Crippen molar-refractivity contribution in [3.8, 4) is 0 Å². The largest absolute Gasteiger partial charge is 0.393 e. The number of benzene rings is 1. The highest BCUT2D eigenvalue weighted by atomic mass is 19.1. The third kappa shape index (κ3) is 2.80. The van der Waals surface area contributed by atoms with E-state index in [0.29, 0.717) is 37.0 Å². The van der Waals surface area contributed by atoms with Gasteiger partial charge in [0.25, 0.3) is 0 Å². The summed E-state index contributed by atoms with van der Waals surface area (Å²) in [4.78, 5) is 28.4. The van der Waals surface area contributed by atoms with Crippen LogP contribution in [0.15, 0.2) is 24.3 Å². The minimum atomic E-state index is -0.374. The molecule has 3 saturated carbocycles. The first-order valence-electron chi connectivity index (χ1n) is 11.5. The van der Waals surface area contributed by atoms with Crippen LogP contribution in [0.5, 0.6) is 0 Å². The molecule has 3 aliphatic carbocycles. The first-order chi connectivity index (χ1) is 14.2. The molecule has 30 heavy (non-hydrogen) atoms. The maximum Gasteiger partial charge on any atom is 0.223 e. The number of carbonyl (C=O) groups excluding carboxylic acids is 2. The van der Waals surface area contributed by atoms with Crippen LogP contribution >= 0.6 is 0 Å². The Hall–Kier alpha value is -1.75. The van der Waals surface area contributed by atoms with Crippen molar-refractivity contribution >= 4 is 11.7 Å². The van der Waals surface area contributed by atoms with Gasteiger partial charge in [0.15, 0.2) is 0 Å². The van der Waals surface area contributed by atoms with Gasteiger partial charge in [-0.1, -0.05) is 26.0 Å². The van der Waals surface area contributed by atoms with Crippen molar-refractivity contribution in [2.24, 2.45) is 28.6 Å². The first-order valence-corrected chi connectivity index (χ1v) is 11.5. The minimum Gasteiger partial charge on any atom is -0.393 e. The van der Waals surface area contributed by atoms with Gasteiger partial charge >= 0.3 is 0 Å². The zero-order valence-corrected chi connectivity index (χ0v) is 17.9. The smallest absolute Gasteiger partial charge is 0.223 e. The highest BCUT2D eigenvalue weighted by molar-refractivity contribution is 5.85. The van der Waals surface area contributed by atoms with Crippen molar-refractivity contribution in [3.63, 3.8) is 0 Å². The Labute approximate surface area is 177 Å². The van der Waals surface area contributed by atoms with Gasteiger partial charge in [-0.3, -0.25) is 9.59 Å². The van der Waals surface area contributed by atoms with Crippen LogP contribution in [0, 0.1) is 34.4 Å². The molecule has 1 aromatic rings. The average molecular weight is 414 g/mol. The predicted molar refractivity (Wildman–Crippen MR) is 111 cm³/mol. The zero-order chi connectivity index (χ0) is 21.3. The van der Waals surface area contributed by atoms with Gasteiger partial charge in [-0.15, -0.1) is 0 Å². The van der Waals surface area contributed by atoms with E-state index in [1.807, 2.05) is 4.90 Å². The topological polar surface area (TPSA) is 57.6 Å². The summed E-state index contributed by atoms with van der Waals surface area (Å²) in [5, 5.41) is 10.6. The Morgan fingerprint density at radius 2 is 1.80 bits per heavy atom. The van der Waals surface area contributed by atoms with E-state index < -0.39 is 0 Å². The molecule has 4 aliphatic rings. The molecule has 1 aliphatic heterocycles. The molecule has 5 heteroatoms. The molecule has 0 aromatic heterocycles. The monoisotopic (exact) mass is 413 g/mol. The standard InChI is InChI=1S/C25H32FNO3/c1-24-12-11-22(30)27(14-15-3-5-16(26)6-4-15)20(24)9-7-17-18-8-10-21(29)25(18,2)13-19(28)23(17)24/h3-6,17-18,20-21,23,29H,7-14H2,1-2H3/t17?,18-,20?,21?,23+,24-,25?/m0/s1. The van der Waals surface area contributed by atoms with Gasteiger partial charge in [-0.05, 0) is 67.1 Å². The predicted octanol–water partition coefficient (Wildman–Crippen LogP) is 4.10. The third-order valence-corrected chi connectivity index (χ3v) is 9.29. The lowest BCUT2D eigenvalue weighted by Gasteiger charge is -2.61. The Balaban J connectivity index is 1.46. The van der Waals surface area contributed by atoms with Crippen LogP contribution in [0.2, 0.25) is 0 Å². The summed E-state index contributed by atoms with van der Waals surface area (Å²) in [6, 6.07) is 6.42. The number of halogens is 1. The average Bonchev–Trinajstić information content (AvgIpc) is 3.00. The molecule has 1 aromatic carbocycles. The summed E-state index contributed by atoms with van der Waals surface area (Å²) in [7, 11) is 0. The third-order valence-electron chi connectivity index (χ3n) is 9.29. The quantitative estimate of drug-likeness (QED) is 0.794. The number of rotatable bonds is 2. The van der Waals surface area contributed by atoms with Crippen LogP contribution in [-0.2, 0) is 16.1 Å². The number of hydrogen-bond acceptors (Lipinski definition) is 3. The maximum absolute atomic E-state index is 13.5. The fourth-order valence-corrected chi connectivity index (χ4v) is 7.78. The normalized spacial score (nSPS) is 43.2. The lowest BCUT2D eigenvalue weighted by molar-refractivity contribution is -0.173. The SMILES string of the molecule is CC12CC(=O)[C@H]3C(CCC4N(Cc5ccc(F)cc5)C(=O)CC[C@@]43C)[C@@H]1CCC2O. The molecule has 1 saturated heterocycles. The number of nitrogens with zero attached hydrogens (tertiary/aromatic N) is 1. The molecule has 0 radical (unpaired) electrons. The number of piperidine rings is 1. The minimum absolute atomic E-state index is 0.0246. The number of fused-ring (bicyclic) bond motifs is 5. The fourth-order valence-electron chi connectivity index (χ4n) is 7.78. The Morgan fingerprint density at radius 3 is 2.53 bits per heavy atom. The molecular weight excluding hydrogens is 381 g/mol. The number of aliphatic hydroxyl groups is 1. The molecule has 1 amide bonds. The number of hydrogen-bond donors (Lipinski definition) is 1. The summed E-state index contributed by atoms with van der Waals surface area (Å²) >= 11 is 0. The van der Waals surface area contributed by atoms with E-state index in [1.165, 1.54) is 12.1 Å². The molecule has 162 valence electrons. The summed E-state index contributed by atoms with van der Waals surface area (Å²) in [6.45, 7) is 4.82. The van der Waals surface area contributed by atoms with Crippen molar-refractivity contribution < 1.29 is 19.1 Å². The number of amides is 1. The van der Waals surface area contributed by atoms with Crippen LogP contribution in [0.4, 0.5) is 4.39 Å². The summed E-state index contributed by atoms with van der Waals surface area (Å²) in [5.74, 6) is 0.853. The van der Waals surface area contributed by atoms with Crippen molar-refractivity contribution in [3.05, 3.63) is 35.6 Å². The van der Waals surface area contributed by atoms with Crippen molar-refractivity contribution in [1.29, 1.82) is 0 Å². The molecule has 1 heterocycles. The maximum atomic E-state index is 13.5. The van der Waals surface area contributed by atoms with Gasteiger partial charge in [0.1, 0.15) is 11.6 Å². The molecule has 7 atom stereocenters. The van der Waals surface area contributed by atoms with Crippen LogP contribution in [-0.4, -0.2) is 33.8 Å². The Kier molecular flexibility index (Phi) is 4.62. The van der Waals surface area contributed by atoms with Crippen molar-refractivity contribution in [1.82, 2.24) is 4.90 Å². The molecule has 4 nitrogen and oxygen atoms in total. The van der Waals surface area contributed by atoms with Gasteiger partial charge in [-0.25, -0.2) is 4.39 Å². The van der Waals surface area contributed by atoms with E-state index in [2.05, 4.69) is 13.8 Å². The highest BCUT2D eigenvalue weighted by Crippen LogP contribution is 2.63. The lowest BCUT2D eigenvalue weighted by Crippen LogP contribution is -2.64. The van der Waals surface area contributed by atoms with Crippen LogP contribution < -0.4 is 0 Å². The molecule has 4 fully saturated rings. The Bertz CT molecular complexity index is 870. The van der Waals surface area contributed by atoms with Gasteiger partial charge in [0.05, 0.1) is 6.10 Å². The molecule has 5 rings (SSSR count). The number of likely N-dealkylation sites (tertiary alicyclic amines) is 1. The van der Waals surface area contributed by atoms with E-state index in [1.54, 1.807) is 12.1 Å². The second-order valence-electron chi connectivity index (χ2n) is 10.7. The van der Waals surface area contributed by atoms with Gasteiger partial charge in [0.2, 0.25) is 5.91 Å². The molecule has 4 unspecified atom stereocenters. The van der Waals surface area contributed by atoms with Gasteiger partial charge < -0.3 is 10.0 Å². The Morgan fingerprint density at radius 1 is 1.07 bits per heavy atom. The van der Waals surface area contributed by atoms with Gasteiger partial charge in [0, 0.05) is 36.8 Å². The van der Waals surface area contributed by atoms with E-state index in [0.717, 1.165) is 37.7 Å².